The minimum atomic E-state index is -0.436. The molecule has 1 fully saturated rings. The standard InChI is InChI=1S/C23H30N4O2/c1-14-10-18(22(25)28)11-15(2)20(14)12-19(24)13-26-23(29)27-21(17-8-9-17)16-6-4-3-5-7-16/h3-7,10-11,17,19,21H,8-9,12-13,24H2,1-2H3,(H2,25,28)(H2,26,27,29)/t19?,21-/m1/s1. The molecule has 1 saturated carbocycles. The van der Waals surface area contributed by atoms with Gasteiger partial charge in [0, 0.05) is 18.2 Å². The Kier molecular flexibility index (Phi) is 6.54. The third-order valence-corrected chi connectivity index (χ3v) is 5.51. The molecule has 0 aliphatic heterocycles. The van der Waals surface area contributed by atoms with E-state index in [9.17, 15) is 9.59 Å². The van der Waals surface area contributed by atoms with E-state index in [0.717, 1.165) is 35.1 Å². The number of hydrogen-bond donors (Lipinski definition) is 4. The lowest BCUT2D eigenvalue weighted by atomic mass is 9.94. The van der Waals surface area contributed by atoms with Gasteiger partial charge in [0.1, 0.15) is 0 Å². The molecule has 29 heavy (non-hydrogen) atoms. The van der Waals surface area contributed by atoms with E-state index < -0.39 is 5.91 Å². The van der Waals surface area contributed by atoms with Gasteiger partial charge >= 0.3 is 6.03 Å². The number of carbonyl (C=O) groups is 2. The summed E-state index contributed by atoms with van der Waals surface area (Å²) in [5, 5.41) is 6.01. The maximum Gasteiger partial charge on any atom is 0.315 e. The minimum Gasteiger partial charge on any atom is -0.366 e. The first-order chi connectivity index (χ1) is 13.8. The van der Waals surface area contributed by atoms with Crippen molar-refractivity contribution >= 4 is 11.9 Å². The largest absolute Gasteiger partial charge is 0.366 e. The first kappa shape index (κ1) is 20.9. The van der Waals surface area contributed by atoms with Gasteiger partial charge in [-0.25, -0.2) is 4.79 Å². The monoisotopic (exact) mass is 394 g/mol. The molecule has 2 aromatic carbocycles. The Balaban J connectivity index is 1.54. The molecule has 6 N–H and O–H groups in total. The van der Waals surface area contributed by atoms with Crippen molar-refractivity contribution in [1.82, 2.24) is 10.6 Å². The summed E-state index contributed by atoms with van der Waals surface area (Å²) in [5.41, 5.74) is 16.3. The zero-order valence-corrected chi connectivity index (χ0v) is 17.1. The fourth-order valence-electron chi connectivity index (χ4n) is 3.77. The van der Waals surface area contributed by atoms with Gasteiger partial charge in [-0.3, -0.25) is 4.79 Å². The van der Waals surface area contributed by atoms with E-state index in [0.29, 0.717) is 24.4 Å². The number of benzene rings is 2. The number of rotatable bonds is 8. The molecule has 0 heterocycles. The number of hydrogen-bond acceptors (Lipinski definition) is 3. The molecule has 0 spiro atoms. The van der Waals surface area contributed by atoms with Crippen molar-refractivity contribution < 1.29 is 9.59 Å². The Labute approximate surface area is 172 Å². The van der Waals surface area contributed by atoms with E-state index in [1.54, 1.807) is 12.1 Å². The second-order valence-corrected chi connectivity index (χ2v) is 8.00. The van der Waals surface area contributed by atoms with Crippen molar-refractivity contribution in [2.75, 3.05) is 6.54 Å². The van der Waals surface area contributed by atoms with Crippen LogP contribution in [0, 0.1) is 19.8 Å². The molecule has 6 nitrogen and oxygen atoms in total. The molecule has 1 aliphatic carbocycles. The molecule has 0 saturated heterocycles. The van der Waals surface area contributed by atoms with Gasteiger partial charge in [-0.05, 0) is 73.4 Å². The summed E-state index contributed by atoms with van der Waals surface area (Å²) >= 11 is 0. The summed E-state index contributed by atoms with van der Waals surface area (Å²) in [4.78, 5) is 23.8. The average Bonchev–Trinajstić information content (AvgIpc) is 3.53. The van der Waals surface area contributed by atoms with Crippen LogP contribution in [0.15, 0.2) is 42.5 Å². The maximum atomic E-state index is 12.4. The van der Waals surface area contributed by atoms with Crippen molar-refractivity contribution in [3.63, 3.8) is 0 Å². The molecule has 154 valence electrons. The highest BCUT2D eigenvalue weighted by Gasteiger charge is 2.33. The highest BCUT2D eigenvalue weighted by Crippen LogP contribution is 2.40. The summed E-state index contributed by atoms with van der Waals surface area (Å²) in [6, 6.07) is 13.3. The minimum absolute atomic E-state index is 0.0401. The van der Waals surface area contributed by atoms with Gasteiger partial charge in [-0.1, -0.05) is 30.3 Å². The fraction of sp³-hybridized carbons (Fsp3) is 0.391. The van der Waals surface area contributed by atoms with Crippen LogP contribution in [0.4, 0.5) is 4.79 Å². The smallest absolute Gasteiger partial charge is 0.315 e. The average molecular weight is 395 g/mol. The summed E-state index contributed by atoms with van der Waals surface area (Å²) < 4.78 is 0. The quantitative estimate of drug-likeness (QED) is 0.552. The predicted molar refractivity (Wildman–Crippen MR) is 115 cm³/mol. The molecule has 3 amide bonds. The molecule has 0 aromatic heterocycles. The van der Waals surface area contributed by atoms with Crippen molar-refractivity contribution in [3.8, 4) is 0 Å². The molecule has 2 atom stereocenters. The lowest BCUT2D eigenvalue weighted by molar-refractivity contribution is 0.1000. The van der Waals surface area contributed by atoms with Crippen molar-refractivity contribution in [3.05, 3.63) is 70.3 Å². The third kappa shape index (κ3) is 5.57. The van der Waals surface area contributed by atoms with E-state index in [1.807, 2.05) is 32.0 Å². The molecule has 6 heteroatoms. The highest BCUT2D eigenvalue weighted by atomic mass is 16.2. The second-order valence-electron chi connectivity index (χ2n) is 8.00. The van der Waals surface area contributed by atoms with Crippen LogP contribution in [0.1, 0.15) is 51.5 Å². The van der Waals surface area contributed by atoms with Crippen molar-refractivity contribution in [2.24, 2.45) is 17.4 Å². The van der Waals surface area contributed by atoms with Gasteiger partial charge in [0.2, 0.25) is 5.91 Å². The van der Waals surface area contributed by atoms with Crippen LogP contribution >= 0.6 is 0 Å². The number of amides is 3. The molecule has 1 unspecified atom stereocenters. The zero-order valence-electron chi connectivity index (χ0n) is 17.1. The van der Waals surface area contributed by atoms with Crippen LogP contribution in [0.5, 0.6) is 0 Å². The third-order valence-electron chi connectivity index (χ3n) is 5.51. The number of nitrogens with two attached hydrogens (primary N) is 2. The van der Waals surface area contributed by atoms with E-state index >= 15 is 0 Å². The molecule has 0 radical (unpaired) electrons. The number of urea groups is 1. The lowest BCUT2D eigenvalue weighted by Gasteiger charge is -2.21. The Bertz CT molecular complexity index is 855. The van der Waals surface area contributed by atoms with Gasteiger partial charge < -0.3 is 22.1 Å². The van der Waals surface area contributed by atoms with Crippen LogP contribution < -0.4 is 22.1 Å². The van der Waals surface area contributed by atoms with E-state index in [-0.39, 0.29) is 18.1 Å². The van der Waals surface area contributed by atoms with Crippen LogP contribution in [-0.4, -0.2) is 24.5 Å². The molecule has 2 aromatic rings. The Hall–Kier alpha value is -2.86. The van der Waals surface area contributed by atoms with Gasteiger partial charge in [0.15, 0.2) is 0 Å². The van der Waals surface area contributed by atoms with Gasteiger partial charge in [-0.2, -0.15) is 0 Å². The second kappa shape index (κ2) is 9.09. The fourth-order valence-corrected chi connectivity index (χ4v) is 3.77. The summed E-state index contributed by atoms with van der Waals surface area (Å²) in [5.74, 6) is 0.0694. The summed E-state index contributed by atoms with van der Waals surface area (Å²) in [6.07, 6.45) is 2.89. The van der Waals surface area contributed by atoms with E-state index in [4.69, 9.17) is 11.5 Å². The first-order valence-corrected chi connectivity index (χ1v) is 10.1. The molecule has 1 aliphatic rings. The van der Waals surface area contributed by atoms with Crippen LogP contribution in [0.2, 0.25) is 0 Å². The molecule has 3 rings (SSSR count). The number of nitrogens with one attached hydrogen (secondary N) is 2. The predicted octanol–water partition coefficient (Wildman–Crippen LogP) is 2.72. The Morgan fingerprint density at radius 3 is 2.28 bits per heavy atom. The van der Waals surface area contributed by atoms with Crippen LogP contribution in [0.25, 0.3) is 0 Å². The summed E-state index contributed by atoms with van der Waals surface area (Å²) in [6.45, 7) is 4.26. The number of carbonyl (C=O) groups excluding carboxylic acids is 2. The molecular weight excluding hydrogens is 364 g/mol. The van der Waals surface area contributed by atoms with Crippen LogP contribution in [0.3, 0.4) is 0 Å². The SMILES string of the molecule is Cc1cc(C(N)=O)cc(C)c1CC(N)CNC(=O)N[C@H](c1ccccc1)C1CC1. The molecular formula is C23H30N4O2. The lowest BCUT2D eigenvalue weighted by Crippen LogP contribution is -2.44. The number of aryl methyl sites for hydroxylation is 2. The topological polar surface area (TPSA) is 110 Å². The molecule has 0 bridgehead atoms. The Morgan fingerprint density at radius 1 is 1.10 bits per heavy atom. The number of primary amides is 1. The Morgan fingerprint density at radius 2 is 1.72 bits per heavy atom. The normalized spacial score (nSPS) is 15.4. The van der Waals surface area contributed by atoms with Crippen molar-refractivity contribution in [1.29, 1.82) is 0 Å². The van der Waals surface area contributed by atoms with Crippen molar-refractivity contribution in [2.45, 2.75) is 45.2 Å². The summed E-state index contributed by atoms with van der Waals surface area (Å²) in [7, 11) is 0. The van der Waals surface area contributed by atoms with E-state index in [2.05, 4.69) is 22.8 Å². The maximum absolute atomic E-state index is 12.4. The van der Waals surface area contributed by atoms with Crippen LogP contribution in [-0.2, 0) is 6.42 Å². The highest BCUT2D eigenvalue weighted by molar-refractivity contribution is 5.93. The van der Waals surface area contributed by atoms with Gasteiger partial charge in [0.25, 0.3) is 0 Å². The first-order valence-electron chi connectivity index (χ1n) is 10.1. The van der Waals surface area contributed by atoms with E-state index in [1.165, 1.54) is 0 Å². The zero-order chi connectivity index (χ0) is 21.0. The van der Waals surface area contributed by atoms with Gasteiger partial charge in [0.05, 0.1) is 6.04 Å². The van der Waals surface area contributed by atoms with Gasteiger partial charge in [-0.15, -0.1) is 0 Å².